The molecule has 1 unspecified atom stereocenters. The van der Waals surface area contributed by atoms with Crippen LogP contribution in [0.1, 0.15) is 16.8 Å². The number of aliphatic hydroxyl groups excluding tert-OH is 1. The van der Waals surface area contributed by atoms with Crippen molar-refractivity contribution in [3.05, 3.63) is 17.8 Å². The van der Waals surface area contributed by atoms with Crippen LogP contribution in [0.15, 0.2) is 12.3 Å². The highest BCUT2D eigenvalue weighted by molar-refractivity contribution is 5.96. The Labute approximate surface area is 92.3 Å². The van der Waals surface area contributed by atoms with Crippen molar-refractivity contribution in [2.24, 2.45) is 0 Å². The molecule has 16 heavy (non-hydrogen) atoms. The van der Waals surface area contributed by atoms with Crippen LogP contribution in [-0.2, 0) is 0 Å². The number of rotatable bonds is 2. The minimum atomic E-state index is -1.07. The molecule has 2 heterocycles. The highest BCUT2D eigenvalue weighted by Gasteiger charge is 2.24. The molecule has 86 valence electrons. The van der Waals surface area contributed by atoms with E-state index in [2.05, 4.69) is 4.98 Å². The molecule has 6 nitrogen and oxygen atoms in total. The van der Waals surface area contributed by atoms with Gasteiger partial charge in [-0.2, -0.15) is 0 Å². The van der Waals surface area contributed by atoms with Gasteiger partial charge in [-0.15, -0.1) is 0 Å². The Balaban J connectivity index is 2.34. The number of pyridine rings is 1. The van der Waals surface area contributed by atoms with E-state index < -0.39 is 12.1 Å². The Bertz CT molecular complexity index is 422. The summed E-state index contributed by atoms with van der Waals surface area (Å²) in [5.74, 6) is -0.627. The van der Waals surface area contributed by atoms with E-state index in [4.69, 9.17) is 10.8 Å². The summed E-state index contributed by atoms with van der Waals surface area (Å²) in [5.41, 5.74) is 5.95. The molecule has 2 rings (SSSR count). The van der Waals surface area contributed by atoms with Crippen molar-refractivity contribution in [2.75, 3.05) is 23.7 Å². The molecule has 0 bridgehead atoms. The summed E-state index contributed by atoms with van der Waals surface area (Å²) in [5, 5.41) is 18.3. The number of nitrogens with zero attached hydrogens (tertiary/aromatic N) is 2. The summed E-state index contributed by atoms with van der Waals surface area (Å²) in [6.07, 6.45) is 1.67. The number of hydrogen-bond acceptors (Lipinski definition) is 5. The van der Waals surface area contributed by atoms with Gasteiger partial charge < -0.3 is 20.8 Å². The molecule has 4 N–H and O–H groups in total. The van der Waals surface area contributed by atoms with E-state index in [1.807, 2.05) is 0 Å². The van der Waals surface area contributed by atoms with Gasteiger partial charge in [0.2, 0.25) is 0 Å². The maximum absolute atomic E-state index is 10.9. The molecule has 1 saturated heterocycles. The zero-order valence-corrected chi connectivity index (χ0v) is 8.63. The fourth-order valence-corrected chi connectivity index (χ4v) is 1.83. The Hall–Kier alpha value is -1.82. The highest BCUT2D eigenvalue weighted by Crippen LogP contribution is 2.26. The molecule has 0 aromatic carbocycles. The summed E-state index contributed by atoms with van der Waals surface area (Å²) in [6.45, 7) is 1.09. The van der Waals surface area contributed by atoms with Crippen LogP contribution in [-0.4, -0.2) is 40.4 Å². The van der Waals surface area contributed by atoms with Crippen molar-refractivity contribution in [2.45, 2.75) is 12.5 Å². The van der Waals surface area contributed by atoms with Crippen LogP contribution >= 0.6 is 0 Å². The maximum Gasteiger partial charge on any atom is 0.337 e. The second kappa shape index (κ2) is 3.97. The van der Waals surface area contributed by atoms with Crippen molar-refractivity contribution in [1.29, 1.82) is 0 Å². The number of aromatic carboxylic acids is 1. The van der Waals surface area contributed by atoms with Gasteiger partial charge in [-0.3, -0.25) is 0 Å². The molecule has 0 amide bonds. The lowest BCUT2D eigenvalue weighted by Crippen LogP contribution is -2.24. The highest BCUT2D eigenvalue weighted by atomic mass is 16.4. The van der Waals surface area contributed by atoms with Gasteiger partial charge in [-0.25, -0.2) is 9.78 Å². The van der Waals surface area contributed by atoms with E-state index in [1.54, 1.807) is 4.90 Å². The van der Waals surface area contributed by atoms with E-state index in [1.165, 1.54) is 12.3 Å². The number of nitrogen functional groups attached to an aromatic ring is 1. The van der Waals surface area contributed by atoms with Gasteiger partial charge in [0, 0.05) is 19.3 Å². The Morgan fingerprint density at radius 1 is 1.62 bits per heavy atom. The first-order chi connectivity index (χ1) is 7.59. The SMILES string of the molecule is Nc1c(C(=O)O)ccnc1N1CCC(O)C1. The van der Waals surface area contributed by atoms with Crippen LogP contribution < -0.4 is 10.6 Å². The van der Waals surface area contributed by atoms with Crippen molar-refractivity contribution in [3.63, 3.8) is 0 Å². The van der Waals surface area contributed by atoms with Gasteiger partial charge in [0.15, 0.2) is 5.82 Å². The summed E-state index contributed by atoms with van der Waals surface area (Å²) in [6, 6.07) is 1.37. The van der Waals surface area contributed by atoms with Gasteiger partial charge in [0.25, 0.3) is 0 Å². The number of nitrogens with two attached hydrogens (primary N) is 1. The van der Waals surface area contributed by atoms with Crippen molar-refractivity contribution in [1.82, 2.24) is 4.98 Å². The third kappa shape index (κ3) is 1.79. The van der Waals surface area contributed by atoms with Crippen molar-refractivity contribution in [3.8, 4) is 0 Å². The molecule has 1 aromatic rings. The Morgan fingerprint density at radius 2 is 2.38 bits per heavy atom. The van der Waals surface area contributed by atoms with Crippen molar-refractivity contribution >= 4 is 17.5 Å². The maximum atomic E-state index is 10.9. The topological polar surface area (TPSA) is 99.7 Å². The lowest BCUT2D eigenvalue weighted by molar-refractivity contribution is 0.0698. The van der Waals surface area contributed by atoms with Crippen LogP contribution in [0, 0.1) is 0 Å². The van der Waals surface area contributed by atoms with Gasteiger partial charge in [-0.1, -0.05) is 0 Å². The number of aliphatic hydroxyl groups is 1. The van der Waals surface area contributed by atoms with E-state index in [0.29, 0.717) is 25.3 Å². The summed E-state index contributed by atoms with van der Waals surface area (Å²) in [4.78, 5) is 16.7. The summed E-state index contributed by atoms with van der Waals surface area (Å²) < 4.78 is 0. The van der Waals surface area contributed by atoms with Crippen LogP contribution in [0.25, 0.3) is 0 Å². The molecular weight excluding hydrogens is 210 g/mol. The standard InChI is InChI=1S/C10H13N3O3/c11-8-7(10(15)16)1-3-12-9(8)13-4-2-6(14)5-13/h1,3,6,14H,2,4-5,11H2,(H,15,16). The van der Waals surface area contributed by atoms with Crippen LogP contribution in [0.3, 0.4) is 0 Å². The predicted octanol–water partition coefficient (Wildman–Crippen LogP) is -0.0670. The van der Waals surface area contributed by atoms with E-state index >= 15 is 0 Å². The van der Waals surface area contributed by atoms with Crippen LogP contribution in [0.2, 0.25) is 0 Å². The fraction of sp³-hybridized carbons (Fsp3) is 0.400. The molecule has 0 radical (unpaired) electrons. The lowest BCUT2D eigenvalue weighted by atomic mass is 10.2. The number of aromatic nitrogens is 1. The zero-order valence-electron chi connectivity index (χ0n) is 8.63. The third-order valence-corrected chi connectivity index (χ3v) is 2.66. The zero-order chi connectivity index (χ0) is 11.7. The van der Waals surface area contributed by atoms with Crippen LogP contribution in [0.5, 0.6) is 0 Å². The summed E-state index contributed by atoms with van der Waals surface area (Å²) >= 11 is 0. The first-order valence-electron chi connectivity index (χ1n) is 5.00. The molecule has 0 spiro atoms. The normalized spacial score (nSPS) is 20.1. The fourth-order valence-electron chi connectivity index (χ4n) is 1.83. The Morgan fingerprint density at radius 3 is 2.94 bits per heavy atom. The molecule has 6 heteroatoms. The molecule has 0 aliphatic carbocycles. The monoisotopic (exact) mass is 223 g/mol. The van der Waals surface area contributed by atoms with Crippen molar-refractivity contribution < 1.29 is 15.0 Å². The molecule has 1 aromatic heterocycles. The molecule has 1 aliphatic rings. The number of carboxylic acids is 1. The first-order valence-corrected chi connectivity index (χ1v) is 5.00. The van der Waals surface area contributed by atoms with E-state index in [0.717, 1.165) is 0 Å². The number of β-amino-alcohol motifs (C(OH)–C–C–N with tert-alkyl or cyclic N) is 1. The molecule has 1 atom stereocenters. The molecular formula is C10H13N3O3. The third-order valence-electron chi connectivity index (χ3n) is 2.66. The van der Waals surface area contributed by atoms with Gasteiger partial charge in [0.1, 0.15) is 0 Å². The average Bonchev–Trinajstić information content (AvgIpc) is 2.64. The lowest BCUT2D eigenvalue weighted by Gasteiger charge is -2.19. The van der Waals surface area contributed by atoms with Gasteiger partial charge in [-0.05, 0) is 12.5 Å². The number of hydrogen-bond donors (Lipinski definition) is 3. The van der Waals surface area contributed by atoms with Gasteiger partial charge in [0.05, 0.1) is 17.4 Å². The molecule has 1 fully saturated rings. The predicted molar refractivity (Wildman–Crippen MR) is 58.4 cm³/mol. The number of carboxylic acid groups (broad SMARTS) is 1. The quantitative estimate of drug-likeness (QED) is 0.649. The smallest absolute Gasteiger partial charge is 0.337 e. The first kappa shape index (κ1) is 10.7. The van der Waals surface area contributed by atoms with Gasteiger partial charge >= 0.3 is 5.97 Å². The minimum absolute atomic E-state index is 0.0476. The average molecular weight is 223 g/mol. The second-order valence-corrected chi connectivity index (χ2v) is 3.79. The molecule has 0 saturated carbocycles. The molecule has 1 aliphatic heterocycles. The number of anilines is 2. The van der Waals surface area contributed by atoms with E-state index in [9.17, 15) is 9.90 Å². The van der Waals surface area contributed by atoms with Crippen LogP contribution in [0.4, 0.5) is 11.5 Å². The second-order valence-electron chi connectivity index (χ2n) is 3.79. The minimum Gasteiger partial charge on any atom is -0.478 e. The summed E-state index contributed by atoms with van der Waals surface area (Å²) in [7, 11) is 0. The number of carbonyl (C=O) groups is 1. The van der Waals surface area contributed by atoms with E-state index in [-0.39, 0.29) is 11.3 Å². The Kier molecular flexibility index (Phi) is 2.66. The largest absolute Gasteiger partial charge is 0.478 e.